The van der Waals surface area contributed by atoms with E-state index in [1.165, 1.54) is 0 Å². The van der Waals surface area contributed by atoms with Gasteiger partial charge < -0.3 is 21.9 Å². The van der Waals surface area contributed by atoms with Gasteiger partial charge in [0.2, 0.25) is 11.8 Å². The molecule has 0 aromatic heterocycles. The van der Waals surface area contributed by atoms with Crippen molar-refractivity contribution in [1.29, 1.82) is 0 Å². The monoisotopic (exact) mass is 319 g/mol. The quantitative estimate of drug-likeness (QED) is 0.543. The van der Waals surface area contributed by atoms with Crippen LogP contribution in [0.25, 0.3) is 0 Å². The molecule has 6 N–H and O–H groups in total. The molecule has 0 aromatic rings. The third kappa shape index (κ3) is 3.38. The molecule has 126 valence electrons. The van der Waals surface area contributed by atoms with E-state index in [2.05, 4.69) is 5.32 Å². The van der Waals surface area contributed by atoms with Crippen LogP contribution in [0.15, 0.2) is 0 Å². The van der Waals surface area contributed by atoms with Gasteiger partial charge in [-0.3, -0.25) is 9.59 Å². The Morgan fingerprint density at radius 3 is 2.32 bits per heavy atom. The number of halogens is 2. The molecule has 0 spiro atoms. The van der Waals surface area contributed by atoms with Crippen molar-refractivity contribution >= 4 is 11.8 Å². The first-order valence-corrected chi connectivity index (χ1v) is 7.55. The number of hydrogen-bond donors (Lipinski definition) is 4. The third-order valence-electron chi connectivity index (χ3n) is 4.76. The molecule has 22 heavy (non-hydrogen) atoms. The van der Waals surface area contributed by atoms with Gasteiger partial charge in [-0.25, -0.2) is 8.78 Å². The zero-order chi connectivity index (χ0) is 16.5. The van der Waals surface area contributed by atoms with Gasteiger partial charge in [0.15, 0.2) is 6.10 Å². The molecule has 2 aliphatic rings. The number of aliphatic hydroxyl groups is 1. The van der Waals surface area contributed by atoms with E-state index in [1.54, 1.807) is 0 Å². The molecule has 0 aliphatic heterocycles. The van der Waals surface area contributed by atoms with Crippen molar-refractivity contribution in [2.75, 3.05) is 0 Å². The van der Waals surface area contributed by atoms with Crippen LogP contribution in [-0.4, -0.2) is 46.4 Å². The first-order chi connectivity index (χ1) is 10.2. The Morgan fingerprint density at radius 1 is 1.32 bits per heavy atom. The van der Waals surface area contributed by atoms with E-state index in [-0.39, 0.29) is 19.3 Å². The van der Waals surface area contributed by atoms with Gasteiger partial charge in [-0.1, -0.05) is 12.8 Å². The average molecular weight is 319 g/mol. The molecular weight excluding hydrogens is 296 g/mol. The summed E-state index contributed by atoms with van der Waals surface area (Å²) in [7, 11) is 0. The average Bonchev–Trinajstić information content (AvgIpc) is 2.81. The lowest BCUT2D eigenvalue weighted by molar-refractivity contribution is -0.141. The Balaban J connectivity index is 1.98. The SMILES string of the molecule is NC(=O)C(O)C1(NC(=O)C(N)CC2(F)CCCC2)CC(F)C1. The van der Waals surface area contributed by atoms with E-state index in [9.17, 15) is 23.5 Å². The normalized spacial score (nSPS) is 32.8. The summed E-state index contributed by atoms with van der Waals surface area (Å²) in [5, 5.41) is 12.2. The molecule has 2 atom stereocenters. The summed E-state index contributed by atoms with van der Waals surface area (Å²) in [6.07, 6.45) is -1.20. The highest BCUT2D eigenvalue weighted by Gasteiger charge is 2.53. The van der Waals surface area contributed by atoms with Gasteiger partial charge in [0.25, 0.3) is 0 Å². The number of rotatable bonds is 6. The van der Waals surface area contributed by atoms with Gasteiger partial charge in [0, 0.05) is 19.3 Å². The van der Waals surface area contributed by atoms with Crippen LogP contribution < -0.4 is 16.8 Å². The van der Waals surface area contributed by atoms with Crippen molar-refractivity contribution in [3.8, 4) is 0 Å². The number of aliphatic hydroxyl groups excluding tert-OH is 1. The van der Waals surface area contributed by atoms with Gasteiger partial charge >= 0.3 is 0 Å². The van der Waals surface area contributed by atoms with Gasteiger partial charge in [-0.2, -0.15) is 0 Å². The predicted octanol–water partition coefficient (Wildman–Crippen LogP) is -0.181. The molecule has 2 saturated carbocycles. The summed E-state index contributed by atoms with van der Waals surface area (Å²) in [5.74, 6) is -1.74. The minimum absolute atomic E-state index is 0.124. The van der Waals surface area contributed by atoms with E-state index in [1.807, 2.05) is 0 Å². The minimum atomic E-state index is -1.69. The summed E-state index contributed by atoms with van der Waals surface area (Å²) in [6.45, 7) is 0. The fraction of sp³-hybridized carbons (Fsp3) is 0.857. The van der Waals surface area contributed by atoms with Crippen LogP contribution in [0.2, 0.25) is 0 Å². The van der Waals surface area contributed by atoms with Gasteiger partial charge in [0.05, 0.1) is 11.6 Å². The van der Waals surface area contributed by atoms with Crippen LogP contribution in [0.4, 0.5) is 8.78 Å². The fourth-order valence-corrected chi connectivity index (χ4v) is 3.43. The van der Waals surface area contributed by atoms with E-state index in [0.29, 0.717) is 12.8 Å². The van der Waals surface area contributed by atoms with Gasteiger partial charge in [-0.15, -0.1) is 0 Å². The second kappa shape index (κ2) is 6.08. The van der Waals surface area contributed by atoms with Crippen LogP contribution in [0.3, 0.4) is 0 Å². The molecule has 6 nitrogen and oxygen atoms in total. The maximum atomic E-state index is 14.4. The van der Waals surface area contributed by atoms with Crippen LogP contribution in [0, 0.1) is 0 Å². The highest BCUT2D eigenvalue weighted by molar-refractivity contribution is 5.86. The molecular formula is C14H23F2N3O3. The topological polar surface area (TPSA) is 118 Å². The van der Waals surface area contributed by atoms with Crippen molar-refractivity contribution in [2.24, 2.45) is 11.5 Å². The van der Waals surface area contributed by atoms with Crippen molar-refractivity contribution < 1.29 is 23.5 Å². The van der Waals surface area contributed by atoms with Crippen LogP contribution >= 0.6 is 0 Å². The molecule has 2 aliphatic carbocycles. The number of amides is 2. The lowest BCUT2D eigenvalue weighted by Crippen LogP contribution is -2.69. The number of hydrogen-bond acceptors (Lipinski definition) is 4. The Hall–Kier alpha value is -1.28. The Kier molecular flexibility index (Phi) is 4.72. The Bertz CT molecular complexity index is 449. The van der Waals surface area contributed by atoms with E-state index in [4.69, 9.17) is 11.5 Å². The highest BCUT2D eigenvalue weighted by atomic mass is 19.1. The summed E-state index contributed by atoms with van der Waals surface area (Å²) >= 11 is 0. The Labute approximate surface area is 127 Å². The molecule has 2 rings (SSSR count). The lowest BCUT2D eigenvalue weighted by Gasteiger charge is -2.47. The number of carbonyl (C=O) groups is 2. The van der Waals surface area contributed by atoms with Crippen molar-refractivity contribution in [3.63, 3.8) is 0 Å². The second-order valence-corrected chi connectivity index (χ2v) is 6.62. The number of nitrogens with one attached hydrogen (secondary N) is 1. The first kappa shape index (κ1) is 17.1. The molecule has 2 unspecified atom stereocenters. The maximum absolute atomic E-state index is 14.4. The fourth-order valence-electron chi connectivity index (χ4n) is 3.43. The molecule has 2 fully saturated rings. The van der Waals surface area contributed by atoms with E-state index >= 15 is 0 Å². The summed E-state index contributed by atoms with van der Waals surface area (Å²) in [6, 6.07) is -1.11. The Morgan fingerprint density at radius 2 is 1.86 bits per heavy atom. The zero-order valence-electron chi connectivity index (χ0n) is 12.4. The van der Waals surface area contributed by atoms with Crippen LogP contribution in [0.1, 0.15) is 44.9 Å². The maximum Gasteiger partial charge on any atom is 0.248 e. The summed E-state index contributed by atoms with van der Waals surface area (Å²) < 4.78 is 27.5. The number of nitrogens with two attached hydrogens (primary N) is 2. The zero-order valence-corrected chi connectivity index (χ0v) is 12.4. The highest BCUT2D eigenvalue weighted by Crippen LogP contribution is 2.39. The summed E-state index contributed by atoms with van der Waals surface area (Å²) in [5.41, 5.74) is 7.88. The molecule has 0 aromatic carbocycles. The molecule has 0 radical (unpaired) electrons. The largest absolute Gasteiger partial charge is 0.381 e. The molecule has 0 bridgehead atoms. The minimum Gasteiger partial charge on any atom is -0.381 e. The second-order valence-electron chi connectivity index (χ2n) is 6.62. The van der Waals surface area contributed by atoms with Crippen molar-refractivity contribution in [3.05, 3.63) is 0 Å². The van der Waals surface area contributed by atoms with E-state index in [0.717, 1.165) is 12.8 Å². The number of alkyl halides is 2. The standard InChI is InChI=1S/C14H23F2N3O3/c15-8-5-14(6-8,10(20)11(18)21)19-12(22)9(17)7-13(16)3-1-2-4-13/h8-10,20H,1-7,17H2,(H2,18,21)(H,19,22). The van der Waals surface area contributed by atoms with Crippen LogP contribution in [0.5, 0.6) is 0 Å². The van der Waals surface area contributed by atoms with Crippen molar-refractivity contribution in [2.45, 2.75) is 74.5 Å². The predicted molar refractivity (Wildman–Crippen MR) is 75.1 cm³/mol. The smallest absolute Gasteiger partial charge is 0.248 e. The van der Waals surface area contributed by atoms with Gasteiger partial charge in [-0.05, 0) is 12.8 Å². The molecule has 8 heteroatoms. The van der Waals surface area contributed by atoms with E-state index < -0.39 is 41.3 Å². The number of carbonyl (C=O) groups excluding carboxylic acids is 2. The number of primary amides is 1. The lowest BCUT2D eigenvalue weighted by atomic mass is 9.70. The molecule has 0 saturated heterocycles. The van der Waals surface area contributed by atoms with Crippen molar-refractivity contribution in [1.82, 2.24) is 5.32 Å². The first-order valence-electron chi connectivity index (χ1n) is 7.55. The molecule has 2 amide bonds. The molecule has 0 heterocycles. The van der Waals surface area contributed by atoms with Gasteiger partial charge in [0.1, 0.15) is 11.8 Å². The van der Waals surface area contributed by atoms with Crippen LogP contribution in [-0.2, 0) is 9.59 Å². The third-order valence-corrected chi connectivity index (χ3v) is 4.76. The summed E-state index contributed by atoms with van der Waals surface area (Å²) in [4.78, 5) is 23.3.